The number of hydrogen-bond donors (Lipinski definition) is 1. The van der Waals surface area contributed by atoms with E-state index in [-0.39, 0.29) is 0 Å². The molecule has 0 aromatic heterocycles. The van der Waals surface area contributed by atoms with Crippen LogP contribution < -0.4 is 15.9 Å². The molecule has 29 heavy (non-hydrogen) atoms. The van der Waals surface area contributed by atoms with Crippen molar-refractivity contribution in [3.05, 3.63) is 91.0 Å². The van der Waals surface area contributed by atoms with Crippen molar-refractivity contribution in [2.75, 3.05) is 12.8 Å². The standard InChI is InChI=1S/C24H26BrO3P/c1-2-28-23(24(26)27)18-19-29(25,20-12-6-3-7-13-20,21-14-8-4-9-15-21)22-16-10-5-11-17-22/h3-17,23H,2,18-19H2,1H3,(H,26,27). The fourth-order valence-corrected chi connectivity index (χ4v) is 11.4. The Bertz CT molecular complexity index is 833. The van der Waals surface area contributed by atoms with Gasteiger partial charge in [0.05, 0.1) is 0 Å². The molecule has 0 bridgehead atoms. The van der Waals surface area contributed by atoms with Crippen LogP contribution in [-0.2, 0) is 9.53 Å². The second-order valence-corrected chi connectivity index (χ2v) is 16.0. The zero-order chi connectivity index (χ0) is 20.8. The molecule has 0 fully saturated rings. The Labute approximate surface area is 180 Å². The molecule has 1 unspecified atom stereocenters. The van der Waals surface area contributed by atoms with Gasteiger partial charge in [-0.3, -0.25) is 0 Å². The topological polar surface area (TPSA) is 46.5 Å². The van der Waals surface area contributed by atoms with Crippen LogP contribution in [0.4, 0.5) is 0 Å². The number of carboxylic acids is 1. The van der Waals surface area contributed by atoms with Gasteiger partial charge in [-0.15, -0.1) is 0 Å². The SMILES string of the molecule is CCOC(CCP(Br)(c1ccccc1)(c1ccccc1)c1ccccc1)C(=O)O. The summed E-state index contributed by atoms with van der Waals surface area (Å²) in [6.45, 7) is 2.20. The predicted molar refractivity (Wildman–Crippen MR) is 127 cm³/mol. The number of benzene rings is 3. The van der Waals surface area contributed by atoms with Crippen molar-refractivity contribution in [1.82, 2.24) is 0 Å². The summed E-state index contributed by atoms with van der Waals surface area (Å²) >= 11 is 4.33. The monoisotopic (exact) mass is 472 g/mol. The van der Waals surface area contributed by atoms with Gasteiger partial charge in [-0.25, -0.2) is 0 Å². The summed E-state index contributed by atoms with van der Waals surface area (Å²) in [7, 11) is 0. The molecule has 1 atom stereocenters. The van der Waals surface area contributed by atoms with Gasteiger partial charge in [0.25, 0.3) is 0 Å². The third kappa shape index (κ3) is 4.16. The first-order valence-electron chi connectivity index (χ1n) is 9.74. The van der Waals surface area contributed by atoms with E-state index in [1.165, 1.54) is 15.9 Å². The molecule has 0 saturated heterocycles. The number of hydrogen-bond acceptors (Lipinski definition) is 2. The minimum atomic E-state index is -3.11. The van der Waals surface area contributed by atoms with Crippen molar-refractivity contribution in [2.45, 2.75) is 19.4 Å². The van der Waals surface area contributed by atoms with Crippen molar-refractivity contribution in [1.29, 1.82) is 0 Å². The third-order valence-corrected chi connectivity index (χ3v) is 15.3. The predicted octanol–water partition coefficient (Wildman–Crippen LogP) is 4.71. The fraction of sp³-hybridized carbons (Fsp3) is 0.208. The molecule has 152 valence electrons. The van der Waals surface area contributed by atoms with Crippen molar-refractivity contribution in [3.8, 4) is 0 Å². The summed E-state index contributed by atoms with van der Waals surface area (Å²) in [6, 6.07) is 31.1. The maximum absolute atomic E-state index is 11.8. The van der Waals surface area contributed by atoms with E-state index < -0.39 is 17.4 Å². The summed E-state index contributed by atoms with van der Waals surface area (Å²) in [5, 5.41) is 10.1. The van der Waals surface area contributed by atoms with Gasteiger partial charge in [0.15, 0.2) is 0 Å². The van der Waals surface area contributed by atoms with Gasteiger partial charge < -0.3 is 0 Å². The minimum absolute atomic E-state index is 0.372. The Balaban J connectivity index is 2.25. The molecule has 0 heterocycles. The zero-order valence-corrected chi connectivity index (χ0v) is 18.9. The van der Waals surface area contributed by atoms with Gasteiger partial charge in [-0.2, -0.15) is 0 Å². The number of halogens is 1. The first kappa shape index (κ1) is 21.7. The summed E-state index contributed by atoms with van der Waals surface area (Å²) in [6.07, 6.45) is 0.209. The molecule has 0 saturated carbocycles. The fourth-order valence-electron chi connectivity index (χ4n) is 3.89. The van der Waals surface area contributed by atoms with Crippen molar-refractivity contribution < 1.29 is 14.6 Å². The van der Waals surface area contributed by atoms with E-state index in [1.807, 2.05) is 61.5 Å². The van der Waals surface area contributed by atoms with E-state index in [4.69, 9.17) is 4.74 Å². The Morgan fingerprint density at radius 2 is 1.24 bits per heavy atom. The molecular formula is C24H26BrO3P. The molecule has 3 rings (SSSR count). The molecular weight excluding hydrogens is 447 g/mol. The number of ether oxygens (including phenoxy) is 1. The van der Waals surface area contributed by atoms with Gasteiger partial charge in [0.2, 0.25) is 0 Å². The molecule has 3 aromatic rings. The molecule has 0 aliphatic rings. The van der Waals surface area contributed by atoms with Gasteiger partial charge in [-0.05, 0) is 0 Å². The van der Waals surface area contributed by atoms with Crippen LogP contribution in [0.25, 0.3) is 0 Å². The van der Waals surface area contributed by atoms with Gasteiger partial charge >= 0.3 is 181 Å². The van der Waals surface area contributed by atoms with Crippen molar-refractivity contribution >= 4 is 42.7 Å². The molecule has 0 amide bonds. The van der Waals surface area contributed by atoms with Gasteiger partial charge in [0.1, 0.15) is 0 Å². The van der Waals surface area contributed by atoms with Crippen LogP contribution >= 0.6 is 20.8 Å². The van der Waals surface area contributed by atoms with E-state index in [0.717, 1.165) is 0 Å². The summed E-state index contributed by atoms with van der Waals surface area (Å²) in [4.78, 5) is 11.8. The molecule has 3 aromatic carbocycles. The van der Waals surface area contributed by atoms with Gasteiger partial charge in [-0.1, -0.05) is 0 Å². The first-order valence-corrected chi connectivity index (χ1v) is 14.2. The molecule has 0 aliphatic carbocycles. The van der Waals surface area contributed by atoms with Gasteiger partial charge in [0, 0.05) is 0 Å². The molecule has 5 heteroatoms. The normalized spacial score (nSPS) is 13.9. The molecule has 0 aliphatic heterocycles. The Kier molecular flexibility index (Phi) is 6.89. The second-order valence-electron chi connectivity index (χ2n) is 6.98. The number of rotatable bonds is 9. The van der Waals surface area contributed by atoms with Crippen LogP contribution in [0.3, 0.4) is 0 Å². The Morgan fingerprint density at radius 1 is 0.862 bits per heavy atom. The number of aliphatic carboxylic acids is 1. The van der Waals surface area contributed by atoms with E-state index in [9.17, 15) is 9.90 Å². The summed E-state index contributed by atoms with van der Waals surface area (Å²) < 4.78 is 5.55. The van der Waals surface area contributed by atoms with E-state index in [0.29, 0.717) is 19.2 Å². The van der Waals surface area contributed by atoms with Crippen LogP contribution in [0.2, 0.25) is 0 Å². The van der Waals surface area contributed by atoms with Crippen LogP contribution in [0, 0.1) is 0 Å². The van der Waals surface area contributed by atoms with E-state index in [1.54, 1.807) is 0 Å². The number of carboxylic acid groups (broad SMARTS) is 1. The van der Waals surface area contributed by atoms with Crippen molar-refractivity contribution in [2.24, 2.45) is 0 Å². The maximum atomic E-state index is 11.8. The summed E-state index contributed by atoms with van der Waals surface area (Å²) in [5.74, 6) is -0.918. The first-order chi connectivity index (χ1) is 14.0. The molecule has 3 nitrogen and oxygen atoms in total. The molecule has 1 N–H and O–H groups in total. The van der Waals surface area contributed by atoms with Crippen LogP contribution in [-0.4, -0.2) is 29.9 Å². The van der Waals surface area contributed by atoms with Crippen LogP contribution in [0.1, 0.15) is 13.3 Å². The van der Waals surface area contributed by atoms with E-state index >= 15 is 0 Å². The second kappa shape index (κ2) is 9.21. The Hall–Kier alpha value is -2.00. The van der Waals surface area contributed by atoms with Crippen molar-refractivity contribution in [3.63, 3.8) is 0 Å². The van der Waals surface area contributed by atoms with Crippen LogP contribution in [0.5, 0.6) is 0 Å². The third-order valence-electron chi connectivity index (χ3n) is 5.34. The molecule has 0 radical (unpaired) electrons. The Morgan fingerprint density at radius 3 is 1.55 bits per heavy atom. The summed E-state index contributed by atoms with van der Waals surface area (Å²) in [5.41, 5.74) is 0. The zero-order valence-electron chi connectivity index (χ0n) is 16.4. The quantitative estimate of drug-likeness (QED) is 0.458. The average Bonchev–Trinajstić information content (AvgIpc) is 2.78. The number of carbonyl (C=O) groups is 1. The van der Waals surface area contributed by atoms with E-state index in [2.05, 4.69) is 51.9 Å². The average molecular weight is 473 g/mol. The van der Waals surface area contributed by atoms with Crippen LogP contribution in [0.15, 0.2) is 91.0 Å². The molecule has 0 spiro atoms.